The van der Waals surface area contributed by atoms with Gasteiger partial charge in [-0.1, -0.05) is 17.7 Å². The molecule has 1 aromatic carbocycles. The number of carboxylic acids is 1. The van der Waals surface area contributed by atoms with Crippen molar-refractivity contribution in [2.24, 2.45) is 0 Å². The van der Waals surface area contributed by atoms with E-state index in [1.807, 2.05) is 4.72 Å². The van der Waals surface area contributed by atoms with Crippen molar-refractivity contribution in [1.29, 1.82) is 0 Å². The largest absolute Gasteiger partial charge is 0.480 e. The molecule has 2 aromatic rings. The first-order valence-corrected chi connectivity index (χ1v) is 10.0. The molecule has 29 heavy (non-hydrogen) atoms. The lowest BCUT2D eigenvalue weighted by atomic mass is 10.1. The highest BCUT2D eigenvalue weighted by molar-refractivity contribution is 7.90. The zero-order valence-corrected chi connectivity index (χ0v) is 16.3. The number of amides is 3. The highest BCUT2D eigenvalue weighted by Gasteiger charge is 2.21. The number of carbonyl (C=O) groups is 3. The maximum Gasteiger partial charge on any atom is 0.328 e. The zero-order chi connectivity index (χ0) is 21.4. The minimum absolute atomic E-state index is 0.0176. The van der Waals surface area contributed by atoms with E-state index in [0.29, 0.717) is 5.69 Å². The highest BCUT2D eigenvalue weighted by Crippen LogP contribution is 2.09. The second kappa shape index (κ2) is 9.68. The molecule has 2 rings (SSSR count). The van der Waals surface area contributed by atoms with E-state index >= 15 is 0 Å². The molecular weight excluding hydrogens is 402 g/mol. The fourth-order valence-corrected chi connectivity index (χ4v) is 3.24. The third kappa shape index (κ3) is 6.92. The van der Waals surface area contributed by atoms with Crippen molar-refractivity contribution in [3.63, 3.8) is 0 Å². The van der Waals surface area contributed by atoms with Crippen molar-refractivity contribution >= 4 is 27.9 Å². The summed E-state index contributed by atoms with van der Waals surface area (Å²) in [5, 5.41) is 13.8. The number of carboxylic acid groups (broad SMARTS) is 1. The van der Waals surface area contributed by atoms with Gasteiger partial charge in [0.1, 0.15) is 6.04 Å². The Kier molecular flexibility index (Phi) is 7.31. The number of aromatic nitrogens is 2. The average Bonchev–Trinajstić information content (AvgIpc) is 3.14. The average molecular weight is 423 g/mol. The molecule has 0 aliphatic carbocycles. The fourth-order valence-electron chi connectivity index (χ4n) is 2.31. The molecule has 1 aromatic heterocycles. The Morgan fingerprint density at radius 1 is 1.21 bits per heavy atom. The standard InChI is InChI=1S/C17H21N5O6S/c1-11-2-4-13(5-3-11)29(27,28)22-17(26)19-7-6-15(23)21-14(16(24)25)8-12-9-18-10-20-12/h2-5,9-10,14H,6-8H2,1H3,(H,18,20)(H,21,23)(H,24,25)(H2,19,22,26)/t14-/m0/s1. The van der Waals surface area contributed by atoms with Crippen LogP contribution in [-0.2, 0) is 26.0 Å². The molecule has 0 radical (unpaired) electrons. The number of imidazole rings is 1. The molecule has 0 aliphatic heterocycles. The van der Waals surface area contributed by atoms with Gasteiger partial charge in [-0.25, -0.2) is 27.7 Å². The number of rotatable bonds is 9. The molecule has 3 amide bonds. The molecule has 0 bridgehead atoms. The topological polar surface area (TPSA) is 170 Å². The Hall–Kier alpha value is -3.41. The molecule has 11 nitrogen and oxygen atoms in total. The first-order chi connectivity index (χ1) is 13.7. The Balaban J connectivity index is 1.79. The molecule has 0 spiro atoms. The van der Waals surface area contributed by atoms with Gasteiger partial charge in [0.25, 0.3) is 10.0 Å². The quantitative estimate of drug-likeness (QED) is 0.375. The number of aromatic amines is 1. The first kappa shape index (κ1) is 21.9. The van der Waals surface area contributed by atoms with Crippen LogP contribution in [0.15, 0.2) is 41.7 Å². The van der Waals surface area contributed by atoms with E-state index in [9.17, 15) is 27.9 Å². The predicted molar refractivity (Wildman–Crippen MR) is 101 cm³/mol. The Labute approximate surface area is 167 Å². The number of benzene rings is 1. The van der Waals surface area contributed by atoms with Crippen LogP contribution in [0.3, 0.4) is 0 Å². The Bertz CT molecular complexity index is 957. The summed E-state index contributed by atoms with van der Waals surface area (Å²) < 4.78 is 26.0. The van der Waals surface area contributed by atoms with E-state index in [-0.39, 0.29) is 24.3 Å². The third-order valence-electron chi connectivity index (χ3n) is 3.81. The summed E-state index contributed by atoms with van der Waals surface area (Å²) >= 11 is 0. The Morgan fingerprint density at radius 2 is 1.90 bits per heavy atom. The summed E-state index contributed by atoms with van der Waals surface area (Å²) in [7, 11) is -4.04. The van der Waals surface area contributed by atoms with Crippen molar-refractivity contribution in [3.05, 3.63) is 48.0 Å². The number of carbonyl (C=O) groups excluding carboxylic acids is 2. The van der Waals surface area contributed by atoms with Gasteiger partial charge in [-0.3, -0.25) is 4.79 Å². The second-order valence-electron chi connectivity index (χ2n) is 6.16. The molecule has 0 fully saturated rings. The van der Waals surface area contributed by atoms with Gasteiger partial charge in [-0.15, -0.1) is 0 Å². The first-order valence-electron chi connectivity index (χ1n) is 8.54. The number of H-pyrrole nitrogens is 1. The van der Waals surface area contributed by atoms with Crippen LogP contribution in [0.4, 0.5) is 4.79 Å². The number of aliphatic carboxylic acids is 1. The summed E-state index contributed by atoms with van der Waals surface area (Å²) in [6.45, 7) is 1.61. The molecule has 1 atom stereocenters. The van der Waals surface area contributed by atoms with Crippen LogP contribution >= 0.6 is 0 Å². The van der Waals surface area contributed by atoms with Crippen LogP contribution in [0.1, 0.15) is 17.7 Å². The fraction of sp³-hybridized carbons (Fsp3) is 0.294. The van der Waals surface area contributed by atoms with Crippen molar-refractivity contribution in [2.75, 3.05) is 6.54 Å². The molecule has 12 heteroatoms. The number of nitrogens with zero attached hydrogens (tertiary/aromatic N) is 1. The normalized spacial score (nSPS) is 12.0. The van der Waals surface area contributed by atoms with Gasteiger partial charge in [0, 0.05) is 31.3 Å². The molecule has 0 unspecified atom stereocenters. The molecule has 1 heterocycles. The van der Waals surface area contributed by atoms with Crippen molar-refractivity contribution in [3.8, 4) is 0 Å². The predicted octanol–water partition coefficient (Wildman–Crippen LogP) is -0.0918. The summed E-state index contributed by atoms with van der Waals surface area (Å²) in [6, 6.07) is 3.76. The van der Waals surface area contributed by atoms with Crippen molar-refractivity contribution in [2.45, 2.75) is 30.7 Å². The van der Waals surface area contributed by atoms with E-state index in [2.05, 4.69) is 20.6 Å². The maximum atomic E-state index is 12.1. The number of hydrogen-bond donors (Lipinski definition) is 5. The Morgan fingerprint density at radius 3 is 2.48 bits per heavy atom. The summed E-state index contributed by atoms with van der Waals surface area (Å²) in [5.74, 6) is -1.83. The minimum atomic E-state index is -4.04. The number of aryl methyl sites for hydroxylation is 1. The minimum Gasteiger partial charge on any atom is -0.480 e. The lowest BCUT2D eigenvalue weighted by Gasteiger charge is -2.14. The van der Waals surface area contributed by atoms with Crippen LogP contribution in [0.5, 0.6) is 0 Å². The van der Waals surface area contributed by atoms with Crippen molar-refractivity contribution in [1.82, 2.24) is 25.3 Å². The molecule has 0 saturated carbocycles. The van der Waals surface area contributed by atoms with Crippen molar-refractivity contribution < 1.29 is 27.9 Å². The lowest BCUT2D eigenvalue weighted by Crippen LogP contribution is -2.44. The lowest BCUT2D eigenvalue weighted by molar-refractivity contribution is -0.141. The summed E-state index contributed by atoms with van der Waals surface area (Å²) in [5.41, 5.74) is 1.41. The molecular formula is C17H21N5O6S. The van der Waals surface area contributed by atoms with Crippen LogP contribution in [0.2, 0.25) is 0 Å². The molecule has 5 N–H and O–H groups in total. The molecule has 156 valence electrons. The van der Waals surface area contributed by atoms with Gasteiger partial charge in [-0.05, 0) is 19.1 Å². The van der Waals surface area contributed by atoms with E-state index < -0.39 is 34.0 Å². The number of urea groups is 1. The monoisotopic (exact) mass is 423 g/mol. The van der Waals surface area contributed by atoms with Gasteiger partial charge in [0.15, 0.2) is 0 Å². The van der Waals surface area contributed by atoms with Crippen LogP contribution in [-0.4, -0.2) is 54.0 Å². The molecule has 0 saturated heterocycles. The third-order valence-corrected chi connectivity index (χ3v) is 5.16. The van der Waals surface area contributed by atoms with Crippen LogP contribution in [0, 0.1) is 6.92 Å². The van der Waals surface area contributed by atoms with Gasteiger partial charge >= 0.3 is 12.0 Å². The van der Waals surface area contributed by atoms with E-state index in [1.54, 1.807) is 19.1 Å². The zero-order valence-electron chi connectivity index (χ0n) is 15.5. The number of hydrogen-bond acceptors (Lipinski definition) is 6. The van der Waals surface area contributed by atoms with Crippen LogP contribution < -0.4 is 15.4 Å². The number of nitrogens with one attached hydrogen (secondary N) is 4. The van der Waals surface area contributed by atoms with Gasteiger partial charge in [-0.2, -0.15) is 0 Å². The number of sulfonamides is 1. The van der Waals surface area contributed by atoms with E-state index in [0.717, 1.165) is 5.56 Å². The smallest absolute Gasteiger partial charge is 0.328 e. The van der Waals surface area contributed by atoms with E-state index in [1.165, 1.54) is 24.7 Å². The second-order valence-corrected chi connectivity index (χ2v) is 7.85. The SMILES string of the molecule is Cc1ccc(S(=O)(=O)NC(=O)NCCC(=O)N[C@@H](Cc2cnc[nH]2)C(=O)O)cc1. The summed E-state index contributed by atoms with van der Waals surface area (Å²) in [4.78, 5) is 41.4. The van der Waals surface area contributed by atoms with Gasteiger partial charge in [0.2, 0.25) is 5.91 Å². The highest BCUT2D eigenvalue weighted by atomic mass is 32.2. The van der Waals surface area contributed by atoms with Crippen LogP contribution in [0.25, 0.3) is 0 Å². The summed E-state index contributed by atoms with van der Waals surface area (Å²) in [6.07, 6.45) is 2.63. The molecule has 0 aliphatic rings. The van der Waals surface area contributed by atoms with Gasteiger partial charge < -0.3 is 20.7 Å². The van der Waals surface area contributed by atoms with Gasteiger partial charge in [0.05, 0.1) is 11.2 Å². The maximum absolute atomic E-state index is 12.1. The van der Waals surface area contributed by atoms with E-state index in [4.69, 9.17) is 0 Å².